The lowest BCUT2D eigenvalue weighted by atomic mass is 9.73. The van der Waals surface area contributed by atoms with Crippen LogP contribution >= 0.6 is 0 Å². The van der Waals surface area contributed by atoms with Gasteiger partial charge in [-0.05, 0) is 37.5 Å². The third-order valence-electron chi connectivity index (χ3n) is 5.94. The summed E-state index contributed by atoms with van der Waals surface area (Å²) in [6, 6.07) is 0. The molecule has 2 nitrogen and oxygen atoms in total. The molecule has 4 fully saturated rings. The van der Waals surface area contributed by atoms with Gasteiger partial charge in [-0.1, -0.05) is 13.8 Å². The van der Waals surface area contributed by atoms with Crippen molar-refractivity contribution >= 4 is 5.97 Å². The van der Waals surface area contributed by atoms with Crippen LogP contribution in [0.5, 0.6) is 0 Å². The Bertz CT molecular complexity index is 360. The third kappa shape index (κ3) is 0.724. The van der Waals surface area contributed by atoms with E-state index in [2.05, 4.69) is 13.8 Å². The minimum Gasteiger partial charge on any atom is -0.461 e. The zero-order valence-electron chi connectivity index (χ0n) is 9.45. The van der Waals surface area contributed by atoms with Gasteiger partial charge in [0.1, 0.15) is 6.10 Å². The second-order valence-electron chi connectivity index (χ2n) is 6.87. The maximum absolute atomic E-state index is 11.9. The molecule has 5 unspecified atom stereocenters. The van der Waals surface area contributed by atoms with E-state index in [0.29, 0.717) is 0 Å². The Balaban J connectivity index is 1.92. The van der Waals surface area contributed by atoms with Crippen LogP contribution in [0.1, 0.15) is 39.5 Å². The van der Waals surface area contributed by atoms with E-state index in [4.69, 9.17) is 4.74 Å². The highest BCUT2D eigenvalue weighted by molar-refractivity contribution is 5.77. The highest BCUT2D eigenvalue weighted by Gasteiger charge is 2.73. The molecule has 1 saturated heterocycles. The Morgan fingerprint density at radius 2 is 2.07 bits per heavy atom. The second-order valence-corrected chi connectivity index (χ2v) is 6.87. The predicted molar refractivity (Wildman–Crippen MR) is 55.0 cm³/mol. The maximum atomic E-state index is 11.9. The fourth-order valence-electron chi connectivity index (χ4n) is 5.40. The van der Waals surface area contributed by atoms with Crippen LogP contribution in [0.4, 0.5) is 0 Å². The SMILES string of the molecule is CC1(C)C2CC3CC4C(=O)OC1C4(C3)C2. The van der Waals surface area contributed by atoms with E-state index in [9.17, 15) is 4.79 Å². The average Bonchev–Trinajstić information content (AvgIpc) is 2.63. The summed E-state index contributed by atoms with van der Waals surface area (Å²) in [7, 11) is 0. The van der Waals surface area contributed by atoms with Crippen LogP contribution in [0.2, 0.25) is 0 Å². The molecule has 0 aromatic carbocycles. The van der Waals surface area contributed by atoms with Gasteiger partial charge in [0, 0.05) is 10.8 Å². The van der Waals surface area contributed by atoms with E-state index < -0.39 is 0 Å². The van der Waals surface area contributed by atoms with Crippen molar-refractivity contribution in [2.75, 3.05) is 0 Å². The largest absolute Gasteiger partial charge is 0.461 e. The second kappa shape index (κ2) is 2.11. The van der Waals surface area contributed by atoms with Crippen LogP contribution in [0, 0.1) is 28.6 Å². The first-order valence-electron chi connectivity index (χ1n) is 6.24. The van der Waals surface area contributed by atoms with E-state index in [1.165, 1.54) is 19.3 Å². The van der Waals surface area contributed by atoms with Gasteiger partial charge in [0.25, 0.3) is 0 Å². The number of esters is 1. The van der Waals surface area contributed by atoms with Crippen molar-refractivity contribution in [2.45, 2.75) is 45.6 Å². The van der Waals surface area contributed by atoms with Crippen molar-refractivity contribution in [1.82, 2.24) is 0 Å². The lowest BCUT2D eigenvalue weighted by Gasteiger charge is -2.31. The molecule has 2 heteroatoms. The number of fused-ring (bicyclic) bond motifs is 2. The Labute approximate surface area is 90.4 Å². The number of carbonyl (C=O) groups is 1. The normalized spacial score (nSPS) is 58.4. The Kier molecular flexibility index (Phi) is 1.21. The quantitative estimate of drug-likeness (QED) is 0.569. The van der Waals surface area contributed by atoms with Crippen molar-refractivity contribution in [1.29, 1.82) is 0 Å². The lowest BCUT2D eigenvalue weighted by molar-refractivity contribution is -0.148. The summed E-state index contributed by atoms with van der Waals surface area (Å²) < 4.78 is 5.72. The molecule has 1 spiro atoms. The highest BCUT2D eigenvalue weighted by Crippen LogP contribution is 2.73. The van der Waals surface area contributed by atoms with Gasteiger partial charge in [-0.2, -0.15) is 0 Å². The molecule has 0 radical (unpaired) electrons. The summed E-state index contributed by atoms with van der Waals surface area (Å²) in [5.41, 5.74) is 0.508. The Morgan fingerprint density at radius 1 is 1.27 bits per heavy atom. The molecule has 0 aromatic rings. The third-order valence-corrected chi connectivity index (χ3v) is 5.94. The van der Waals surface area contributed by atoms with E-state index in [0.717, 1.165) is 18.3 Å². The first-order valence-corrected chi connectivity index (χ1v) is 6.24. The molecule has 82 valence electrons. The highest BCUT2D eigenvalue weighted by atomic mass is 16.6. The topological polar surface area (TPSA) is 26.3 Å². The van der Waals surface area contributed by atoms with Crippen LogP contribution in [0.15, 0.2) is 0 Å². The first kappa shape index (κ1) is 8.60. The first-order chi connectivity index (χ1) is 7.04. The van der Waals surface area contributed by atoms with Crippen molar-refractivity contribution in [2.24, 2.45) is 28.6 Å². The van der Waals surface area contributed by atoms with Crippen molar-refractivity contribution in [3.63, 3.8) is 0 Å². The van der Waals surface area contributed by atoms with Crippen molar-refractivity contribution in [3.05, 3.63) is 0 Å². The van der Waals surface area contributed by atoms with E-state index in [1.807, 2.05) is 0 Å². The number of ether oxygens (including phenoxy) is 1. The van der Waals surface area contributed by atoms with Gasteiger partial charge in [-0.15, -0.1) is 0 Å². The van der Waals surface area contributed by atoms with E-state index in [1.54, 1.807) is 0 Å². The fraction of sp³-hybridized carbons (Fsp3) is 0.923. The van der Waals surface area contributed by atoms with E-state index >= 15 is 0 Å². The molecule has 0 amide bonds. The molecule has 3 aliphatic carbocycles. The van der Waals surface area contributed by atoms with Gasteiger partial charge >= 0.3 is 5.97 Å². The van der Waals surface area contributed by atoms with Crippen LogP contribution in [0.25, 0.3) is 0 Å². The molecule has 3 bridgehead atoms. The summed E-state index contributed by atoms with van der Waals surface area (Å²) in [4.78, 5) is 11.9. The summed E-state index contributed by atoms with van der Waals surface area (Å²) in [5.74, 6) is 2.01. The Hall–Kier alpha value is -0.530. The minimum atomic E-state index is 0.121. The maximum Gasteiger partial charge on any atom is 0.309 e. The van der Waals surface area contributed by atoms with Crippen LogP contribution < -0.4 is 0 Å². The van der Waals surface area contributed by atoms with E-state index in [-0.39, 0.29) is 28.8 Å². The van der Waals surface area contributed by atoms with Gasteiger partial charge in [0.15, 0.2) is 0 Å². The summed E-state index contributed by atoms with van der Waals surface area (Å²) in [5, 5.41) is 0. The van der Waals surface area contributed by atoms with Gasteiger partial charge in [0.2, 0.25) is 0 Å². The molecule has 4 rings (SSSR count). The number of hydrogen-bond acceptors (Lipinski definition) is 2. The molecule has 15 heavy (non-hydrogen) atoms. The lowest BCUT2D eigenvalue weighted by Crippen LogP contribution is -2.35. The van der Waals surface area contributed by atoms with Crippen molar-refractivity contribution in [3.8, 4) is 0 Å². The monoisotopic (exact) mass is 206 g/mol. The van der Waals surface area contributed by atoms with Gasteiger partial charge < -0.3 is 4.74 Å². The molecule has 0 aromatic heterocycles. The van der Waals surface area contributed by atoms with Gasteiger partial charge in [-0.25, -0.2) is 0 Å². The molecular formula is C13H18O2. The van der Waals surface area contributed by atoms with Gasteiger partial charge in [-0.3, -0.25) is 4.79 Å². The fourth-order valence-corrected chi connectivity index (χ4v) is 5.40. The summed E-state index contributed by atoms with van der Waals surface area (Å²) in [6.07, 6.45) is 5.24. The predicted octanol–water partition coefficient (Wildman–Crippen LogP) is 2.37. The summed E-state index contributed by atoms with van der Waals surface area (Å²) >= 11 is 0. The number of carbonyl (C=O) groups excluding carboxylic acids is 1. The number of hydrogen-bond donors (Lipinski definition) is 0. The molecule has 1 heterocycles. The molecule has 4 aliphatic rings. The average molecular weight is 206 g/mol. The molecular weight excluding hydrogens is 188 g/mol. The zero-order chi connectivity index (χ0) is 10.4. The van der Waals surface area contributed by atoms with Crippen LogP contribution in [-0.2, 0) is 9.53 Å². The minimum absolute atomic E-state index is 0.121. The standard InChI is InChI=1S/C13H18O2/c1-12(2)8-3-7-4-9-10(14)15-11(12)13(9,5-7)6-8/h7-9,11H,3-6H2,1-2H3. The molecule has 0 N–H and O–H groups in total. The molecule has 1 aliphatic heterocycles. The van der Waals surface area contributed by atoms with Gasteiger partial charge in [0.05, 0.1) is 5.92 Å². The Morgan fingerprint density at radius 3 is 2.87 bits per heavy atom. The van der Waals surface area contributed by atoms with Crippen LogP contribution in [0.3, 0.4) is 0 Å². The smallest absolute Gasteiger partial charge is 0.309 e. The molecule has 3 saturated carbocycles. The summed E-state index contributed by atoms with van der Waals surface area (Å²) in [6.45, 7) is 4.63. The zero-order valence-corrected chi connectivity index (χ0v) is 9.45. The van der Waals surface area contributed by atoms with Crippen LogP contribution in [-0.4, -0.2) is 12.1 Å². The molecule has 5 atom stereocenters. The number of rotatable bonds is 0. The van der Waals surface area contributed by atoms with Crippen molar-refractivity contribution < 1.29 is 9.53 Å².